The molecule has 2 saturated carbocycles. The molecule has 2 fully saturated rings. The Morgan fingerprint density at radius 2 is 1.82 bits per heavy atom. The van der Waals surface area contributed by atoms with Crippen LogP contribution in [0.2, 0.25) is 0 Å². The molecule has 0 saturated heterocycles. The summed E-state index contributed by atoms with van der Waals surface area (Å²) in [7, 11) is 0. The second-order valence-electron chi connectivity index (χ2n) is 5.59. The highest BCUT2D eigenvalue weighted by molar-refractivity contribution is 5.93. The molecule has 1 unspecified atom stereocenters. The van der Waals surface area contributed by atoms with Gasteiger partial charge in [-0.15, -0.1) is 0 Å². The van der Waals surface area contributed by atoms with Crippen LogP contribution in [0.3, 0.4) is 0 Å². The fraction of sp³-hybridized carbons (Fsp3) is 0.900. The summed E-state index contributed by atoms with van der Waals surface area (Å²) in [5.74, 6) is -0.267. The molecule has 0 N–H and O–H groups in total. The number of hydrogen-bond acceptors (Lipinski definition) is 5. The standard InChI is InChI=1S/C10H14N2O5/c1-9(2)6-3-4-10(5-6,7(9)13)8(11(14)15)12(16)17/h6,8H,3-5H2,1-2H3/t6?,10-/m0/s1. The summed E-state index contributed by atoms with van der Waals surface area (Å²) in [5.41, 5.74) is -2.04. The first-order chi connectivity index (χ1) is 7.73. The average Bonchev–Trinajstić information content (AvgIpc) is 2.66. The second-order valence-corrected chi connectivity index (χ2v) is 5.59. The minimum absolute atomic E-state index is 0.0393. The Morgan fingerprint density at radius 3 is 2.18 bits per heavy atom. The van der Waals surface area contributed by atoms with Gasteiger partial charge >= 0.3 is 6.17 Å². The molecule has 7 heteroatoms. The van der Waals surface area contributed by atoms with Gasteiger partial charge in [0.25, 0.3) is 0 Å². The number of hydrogen-bond donors (Lipinski definition) is 0. The molecule has 0 radical (unpaired) electrons. The van der Waals surface area contributed by atoms with E-state index in [1.807, 2.05) is 0 Å². The van der Waals surface area contributed by atoms with Gasteiger partial charge in [0.15, 0.2) is 11.2 Å². The number of nitro groups is 2. The fourth-order valence-electron chi connectivity index (χ4n) is 3.56. The van der Waals surface area contributed by atoms with Gasteiger partial charge in [-0.2, -0.15) is 0 Å². The minimum atomic E-state index is -1.98. The number of carbonyl (C=O) groups excluding carboxylic acids is 1. The van der Waals surface area contributed by atoms with Crippen LogP contribution in [0.5, 0.6) is 0 Å². The first-order valence-electron chi connectivity index (χ1n) is 5.55. The fourth-order valence-corrected chi connectivity index (χ4v) is 3.56. The van der Waals surface area contributed by atoms with E-state index in [0.717, 1.165) is 0 Å². The molecule has 2 rings (SSSR count). The lowest BCUT2D eigenvalue weighted by atomic mass is 9.70. The van der Waals surface area contributed by atoms with Crippen molar-refractivity contribution in [2.24, 2.45) is 16.7 Å². The lowest BCUT2D eigenvalue weighted by Crippen LogP contribution is -2.51. The number of carbonyl (C=O) groups is 1. The summed E-state index contributed by atoms with van der Waals surface area (Å²) < 4.78 is 0. The number of nitrogens with zero attached hydrogens (tertiary/aromatic N) is 2. The van der Waals surface area contributed by atoms with Crippen molar-refractivity contribution in [1.82, 2.24) is 0 Å². The van der Waals surface area contributed by atoms with E-state index in [4.69, 9.17) is 0 Å². The van der Waals surface area contributed by atoms with Gasteiger partial charge in [-0.1, -0.05) is 13.8 Å². The molecule has 7 nitrogen and oxygen atoms in total. The van der Waals surface area contributed by atoms with Crippen molar-refractivity contribution in [1.29, 1.82) is 0 Å². The van der Waals surface area contributed by atoms with Crippen molar-refractivity contribution in [2.45, 2.75) is 39.3 Å². The molecule has 2 bridgehead atoms. The maximum Gasteiger partial charge on any atom is 0.462 e. The van der Waals surface area contributed by atoms with E-state index in [-0.39, 0.29) is 24.5 Å². The van der Waals surface area contributed by atoms with E-state index in [1.165, 1.54) is 0 Å². The summed E-state index contributed by atoms with van der Waals surface area (Å²) in [6, 6.07) is 0. The largest absolute Gasteiger partial charge is 0.462 e. The number of rotatable bonds is 3. The molecule has 0 spiro atoms. The lowest BCUT2D eigenvalue weighted by Gasteiger charge is -2.31. The van der Waals surface area contributed by atoms with Crippen LogP contribution in [-0.4, -0.2) is 21.8 Å². The van der Waals surface area contributed by atoms with Crippen molar-refractivity contribution in [3.63, 3.8) is 0 Å². The third kappa shape index (κ3) is 1.31. The van der Waals surface area contributed by atoms with Crippen LogP contribution in [0.25, 0.3) is 0 Å². The number of Topliss-reactive ketones (excluding diaryl/α,β-unsaturated/α-hetero) is 1. The first-order valence-corrected chi connectivity index (χ1v) is 5.55. The van der Waals surface area contributed by atoms with Crippen LogP contribution in [0.4, 0.5) is 0 Å². The zero-order chi connectivity index (χ0) is 13.0. The van der Waals surface area contributed by atoms with E-state index in [0.29, 0.717) is 6.42 Å². The zero-order valence-electron chi connectivity index (χ0n) is 9.71. The van der Waals surface area contributed by atoms with Gasteiger partial charge in [0.2, 0.25) is 0 Å². The smallest absolute Gasteiger partial charge is 0.298 e. The van der Waals surface area contributed by atoms with Gasteiger partial charge in [-0.3, -0.25) is 25.0 Å². The summed E-state index contributed by atoms with van der Waals surface area (Å²) in [6.45, 7) is 3.47. The van der Waals surface area contributed by atoms with Gasteiger partial charge in [-0.05, 0) is 25.2 Å². The Bertz CT molecular complexity index is 405. The van der Waals surface area contributed by atoms with Crippen molar-refractivity contribution in [3.05, 3.63) is 20.2 Å². The average molecular weight is 242 g/mol. The number of ketones is 1. The number of fused-ring (bicyclic) bond motifs is 2. The second kappa shape index (κ2) is 3.24. The van der Waals surface area contributed by atoms with Gasteiger partial charge in [-0.25, -0.2) is 0 Å². The van der Waals surface area contributed by atoms with Crippen molar-refractivity contribution < 1.29 is 14.6 Å². The van der Waals surface area contributed by atoms with E-state index < -0.39 is 26.8 Å². The Morgan fingerprint density at radius 1 is 1.29 bits per heavy atom. The van der Waals surface area contributed by atoms with E-state index in [1.54, 1.807) is 13.8 Å². The predicted molar refractivity (Wildman–Crippen MR) is 56.3 cm³/mol. The molecule has 0 aromatic rings. The van der Waals surface area contributed by atoms with Crippen molar-refractivity contribution in [3.8, 4) is 0 Å². The van der Waals surface area contributed by atoms with Crippen LogP contribution in [0.1, 0.15) is 33.1 Å². The Hall–Kier alpha value is -1.53. The molecule has 17 heavy (non-hydrogen) atoms. The highest BCUT2D eigenvalue weighted by Crippen LogP contribution is 2.61. The van der Waals surface area contributed by atoms with Crippen LogP contribution < -0.4 is 0 Å². The highest BCUT2D eigenvalue weighted by Gasteiger charge is 2.73. The molecule has 0 amide bonds. The molecule has 2 aliphatic carbocycles. The Balaban J connectivity index is 2.47. The van der Waals surface area contributed by atoms with Gasteiger partial charge in [0.1, 0.15) is 0 Å². The lowest BCUT2D eigenvalue weighted by molar-refractivity contribution is -0.756. The normalized spacial score (nSPS) is 34.3. The van der Waals surface area contributed by atoms with Crippen LogP contribution in [0.15, 0.2) is 0 Å². The van der Waals surface area contributed by atoms with Crippen molar-refractivity contribution in [2.75, 3.05) is 0 Å². The summed E-state index contributed by atoms with van der Waals surface area (Å²) >= 11 is 0. The third-order valence-electron chi connectivity index (χ3n) is 4.50. The van der Waals surface area contributed by atoms with Gasteiger partial charge in [0.05, 0.1) is 9.85 Å². The molecule has 2 atom stereocenters. The summed E-state index contributed by atoms with van der Waals surface area (Å²) in [5, 5.41) is 21.8. The van der Waals surface area contributed by atoms with E-state index in [2.05, 4.69) is 0 Å². The van der Waals surface area contributed by atoms with Crippen LogP contribution in [-0.2, 0) is 4.79 Å². The molecule has 0 aromatic carbocycles. The topological polar surface area (TPSA) is 103 Å². The molecule has 0 aromatic heterocycles. The Kier molecular flexibility index (Phi) is 2.28. The van der Waals surface area contributed by atoms with Crippen LogP contribution in [0, 0.1) is 37.0 Å². The summed E-state index contributed by atoms with van der Waals surface area (Å²) in [6.07, 6.45) is -0.767. The van der Waals surface area contributed by atoms with E-state index >= 15 is 0 Å². The van der Waals surface area contributed by atoms with Gasteiger partial charge in [0, 0.05) is 5.41 Å². The minimum Gasteiger partial charge on any atom is -0.298 e. The highest BCUT2D eigenvalue weighted by atomic mass is 16.7. The van der Waals surface area contributed by atoms with Gasteiger partial charge < -0.3 is 0 Å². The monoisotopic (exact) mass is 242 g/mol. The molecule has 94 valence electrons. The molecular formula is C10H14N2O5. The molecule has 2 aliphatic rings. The zero-order valence-corrected chi connectivity index (χ0v) is 9.71. The maximum atomic E-state index is 12.3. The predicted octanol–water partition coefficient (Wildman–Crippen LogP) is 1.26. The Labute approximate surface area is 97.5 Å². The molecule has 0 heterocycles. The molecule has 0 aliphatic heterocycles. The molecular weight excluding hydrogens is 228 g/mol. The van der Waals surface area contributed by atoms with Crippen molar-refractivity contribution >= 4 is 5.78 Å². The SMILES string of the molecule is CC1(C)C(=O)[C@]2(C([N+](=O)[O-])[N+](=O)[O-])CCC1C2. The third-order valence-corrected chi connectivity index (χ3v) is 4.50. The quantitative estimate of drug-likeness (QED) is 0.421. The van der Waals surface area contributed by atoms with E-state index in [9.17, 15) is 25.0 Å². The maximum absolute atomic E-state index is 12.3. The first kappa shape index (κ1) is 11.9. The summed E-state index contributed by atoms with van der Waals surface area (Å²) in [4.78, 5) is 32.2. The van der Waals surface area contributed by atoms with Crippen LogP contribution >= 0.6 is 0 Å².